The molecule has 2 heterocycles. The molecule has 1 aliphatic heterocycles. The third-order valence-corrected chi connectivity index (χ3v) is 5.25. The average molecular weight is 358 g/mol. The van der Waals surface area contributed by atoms with Crippen molar-refractivity contribution in [1.29, 1.82) is 0 Å². The van der Waals surface area contributed by atoms with Gasteiger partial charge in [0.2, 0.25) is 17.7 Å². The molecule has 7 heteroatoms. The first-order valence-electron chi connectivity index (χ1n) is 9.21. The topological polar surface area (TPSA) is 82.6 Å². The minimum Gasteiger partial charge on any atom is -0.363 e. The van der Waals surface area contributed by atoms with Crippen LogP contribution in [0.2, 0.25) is 0 Å². The van der Waals surface area contributed by atoms with Gasteiger partial charge < -0.3 is 10.2 Å². The van der Waals surface area contributed by atoms with Crippen LogP contribution in [0, 0.1) is 11.8 Å². The molecule has 1 N–H and O–H groups in total. The zero-order valence-corrected chi connectivity index (χ0v) is 15.4. The van der Waals surface area contributed by atoms with Gasteiger partial charge in [0.25, 0.3) is 0 Å². The quantitative estimate of drug-likeness (QED) is 0.776. The lowest BCUT2D eigenvalue weighted by Crippen LogP contribution is -2.35. The second-order valence-corrected chi connectivity index (χ2v) is 7.27. The molecular formula is C19H26N4O3. The van der Waals surface area contributed by atoms with Crippen molar-refractivity contribution in [1.82, 2.24) is 15.2 Å². The van der Waals surface area contributed by atoms with E-state index in [1.54, 1.807) is 6.20 Å². The number of hydrogen-bond acceptors (Lipinski definition) is 5. The summed E-state index contributed by atoms with van der Waals surface area (Å²) in [5.41, 5.74) is 0.906. The van der Waals surface area contributed by atoms with Crippen molar-refractivity contribution in [2.75, 3.05) is 25.5 Å². The Balaban J connectivity index is 1.46. The summed E-state index contributed by atoms with van der Waals surface area (Å²) in [6.45, 7) is 0.557. The molecule has 2 fully saturated rings. The van der Waals surface area contributed by atoms with E-state index in [0.29, 0.717) is 6.54 Å². The Morgan fingerprint density at radius 2 is 1.85 bits per heavy atom. The zero-order chi connectivity index (χ0) is 18.7. The van der Waals surface area contributed by atoms with Crippen LogP contribution < -0.4 is 10.2 Å². The minimum atomic E-state index is -0.169. The molecule has 0 bridgehead atoms. The number of nitrogens with zero attached hydrogens (tertiary/aromatic N) is 3. The van der Waals surface area contributed by atoms with E-state index < -0.39 is 0 Å². The minimum absolute atomic E-state index is 0.0871. The fourth-order valence-electron chi connectivity index (χ4n) is 3.74. The number of pyridine rings is 1. The molecular weight excluding hydrogens is 332 g/mol. The van der Waals surface area contributed by atoms with Gasteiger partial charge in [0.05, 0.1) is 11.8 Å². The number of fused-ring (bicyclic) bond motifs is 1. The highest BCUT2D eigenvalue weighted by Gasteiger charge is 2.47. The maximum absolute atomic E-state index is 12.4. The molecule has 3 amide bonds. The number of amides is 3. The molecule has 3 rings (SSSR count). The Morgan fingerprint density at radius 3 is 2.38 bits per heavy atom. The van der Waals surface area contributed by atoms with E-state index in [1.165, 1.54) is 4.90 Å². The Hall–Kier alpha value is -2.44. The van der Waals surface area contributed by atoms with Gasteiger partial charge >= 0.3 is 0 Å². The van der Waals surface area contributed by atoms with Gasteiger partial charge in [-0.15, -0.1) is 0 Å². The fourth-order valence-corrected chi connectivity index (χ4v) is 3.74. The molecule has 26 heavy (non-hydrogen) atoms. The Morgan fingerprint density at radius 1 is 1.19 bits per heavy atom. The number of anilines is 1. The SMILES string of the molecule is CN(C)c1ccc(CNC(=O)CCN2C(=O)C3CCCCC3C2=O)cn1. The molecule has 2 atom stereocenters. The van der Waals surface area contributed by atoms with E-state index in [-0.39, 0.29) is 42.5 Å². The van der Waals surface area contributed by atoms with E-state index in [9.17, 15) is 14.4 Å². The normalized spacial score (nSPS) is 22.3. The number of nitrogens with one attached hydrogen (secondary N) is 1. The summed E-state index contributed by atoms with van der Waals surface area (Å²) >= 11 is 0. The van der Waals surface area contributed by atoms with Crippen LogP contribution in [0.3, 0.4) is 0 Å². The summed E-state index contributed by atoms with van der Waals surface area (Å²) in [5.74, 6) is 0.206. The summed E-state index contributed by atoms with van der Waals surface area (Å²) in [4.78, 5) is 44.4. The molecule has 7 nitrogen and oxygen atoms in total. The van der Waals surface area contributed by atoms with E-state index in [4.69, 9.17) is 0 Å². The van der Waals surface area contributed by atoms with Gasteiger partial charge in [-0.1, -0.05) is 18.9 Å². The summed E-state index contributed by atoms with van der Waals surface area (Å²) in [5, 5.41) is 2.82. The third kappa shape index (κ3) is 3.86. The lowest BCUT2D eigenvalue weighted by Gasteiger charge is -2.19. The van der Waals surface area contributed by atoms with Crippen LogP contribution in [0.1, 0.15) is 37.7 Å². The Labute approximate surface area is 153 Å². The molecule has 1 aromatic heterocycles. The lowest BCUT2D eigenvalue weighted by molar-refractivity contribution is -0.140. The lowest BCUT2D eigenvalue weighted by atomic mass is 9.81. The maximum Gasteiger partial charge on any atom is 0.233 e. The second-order valence-electron chi connectivity index (χ2n) is 7.27. The van der Waals surface area contributed by atoms with Crippen LogP contribution in [0.15, 0.2) is 18.3 Å². The molecule has 140 valence electrons. The van der Waals surface area contributed by atoms with Gasteiger partial charge in [-0.25, -0.2) is 4.98 Å². The highest BCUT2D eigenvalue weighted by Crippen LogP contribution is 2.37. The first-order valence-corrected chi connectivity index (χ1v) is 9.21. The predicted octanol–water partition coefficient (Wildman–Crippen LogP) is 1.33. The molecule has 1 saturated heterocycles. The van der Waals surface area contributed by atoms with Crippen LogP contribution in [0.4, 0.5) is 5.82 Å². The summed E-state index contributed by atoms with van der Waals surface area (Å²) in [6.07, 6.45) is 5.49. The van der Waals surface area contributed by atoms with Gasteiger partial charge in [-0.05, 0) is 24.5 Å². The zero-order valence-electron chi connectivity index (χ0n) is 15.4. The van der Waals surface area contributed by atoms with Crippen LogP contribution in [0.5, 0.6) is 0 Å². The molecule has 2 aliphatic rings. The summed E-state index contributed by atoms with van der Waals surface area (Å²) in [6, 6.07) is 3.81. The number of carbonyl (C=O) groups is 3. The Bertz CT molecular complexity index is 663. The predicted molar refractivity (Wildman–Crippen MR) is 97.2 cm³/mol. The maximum atomic E-state index is 12.4. The number of rotatable bonds is 6. The second kappa shape index (κ2) is 7.85. The van der Waals surface area contributed by atoms with Crippen LogP contribution in [0.25, 0.3) is 0 Å². The van der Waals surface area contributed by atoms with Gasteiger partial charge in [0, 0.05) is 39.8 Å². The third-order valence-electron chi connectivity index (χ3n) is 5.25. The molecule has 0 aromatic carbocycles. The van der Waals surface area contributed by atoms with Crippen molar-refractivity contribution in [3.63, 3.8) is 0 Å². The largest absolute Gasteiger partial charge is 0.363 e. The number of aromatic nitrogens is 1. The van der Waals surface area contributed by atoms with Gasteiger partial charge in [-0.2, -0.15) is 0 Å². The molecule has 0 radical (unpaired) electrons. The monoisotopic (exact) mass is 358 g/mol. The molecule has 1 aliphatic carbocycles. The highest BCUT2D eigenvalue weighted by molar-refractivity contribution is 6.05. The van der Waals surface area contributed by atoms with Gasteiger partial charge in [0.15, 0.2) is 0 Å². The first-order chi connectivity index (χ1) is 12.5. The molecule has 0 spiro atoms. The Kier molecular flexibility index (Phi) is 5.54. The van der Waals surface area contributed by atoms with E-state index >= 15 is 0 Å². The van der Waals surface area contributed by atoms with Crippen molar-refractivity contribution in [3.05, 3.63) is 23.9 Å². The van der Waals surface area contributed by atoms with Gasteiger partial charge in [0.1, 0.15) is 5.82 Å². The fraction of sp³-hybridized carbons (Fsp3) is 0.579. The summed E-state index contributed by atoms with van der Waals surface area (Å²) < 4.78 is 0. The van der Waals surface area contributed by atoms with E-state index in [2.05, 4.69) is 10.3 Å². The van der Waals surface area contributed by atoms with Gasteiger partial charge in [-0.3, -0.25) is 19.3 Å². The van der Waals surface area contributed by atoms with Crippen molar-refractivity contribution < 1.29 is 14.4 Å². The molecule has 1 aromatic rings. The number of hydrogen-bond donors (Lipinski definition) is 1. The number of likely N-dealkylation sites (tertiary alicyclic amines) is 1. The average Bonchev–Trinajstić information content (AvgIpc) is 2.89. The standard InChI is InChI=1S/C19H26N4O3/c1-22(2)16-8-7-13(11-20-16)12-21-17(24)9-10-23-18(25)14-5-3-4-6-15(14)19(23)26/h7-8,11,14-15H,3-6,9-10,12H2,1-2H3,(H,21,24). The van der Waals surface area contributed by atoms with Crippen LogP contribution in [-0.4, -0.2) is 48.2 Å². The highest BCUT2D eigenvalue weighted by atomic mass is 16.2. The van der Waals surface area contributed by atoms with E-state index in [1.807, 2.05) is 31.1 Å². The van der Waals surface area contributed by atoms with Crippen molar-refractivity contribution in [2.24, 2.45) is 11.8 Å². The van der Waals surface area contributed by atoms with Crippen molar-refractivity contribution in [2.45, 2.75) is 38.6 Å². The molecule has 1 saturated carbocycles. The smallest absolute Gasteiger partial charge is 0.233 e. The molecule has 2 unspecified atom stereocenters. The van der Waals surface area contributed by atoms with Crippen LogP contribution in [-0.2, 0) is 20.9 Å². The summed E-state index contributed by atoms with van der Waals surface area (Å²) in [7, 11) is 3.84. The van der Waals surface area contributed by atoms with E-state index in [0.717, 1.165) is 37.1 Å². The number of carbonyl (C=O) groups excluding carboxylic acids is 3. The van der Waals surface area contributed by atoms with Crippen molar-refractivity contribution >= 4 is 23.5 Å². The van der Waals surface area contributed by atoms with Crippen molar-refractivity contribution in [3.8, 4) is 0 Å². The number of imide groups is 1. The first kappa shape index (κ1) is 18.4. The van der Waals surface area contributed by atoms with Crippen LogP contribution >= 0.6 is 0 Å².